The Morgan fingerprint density at radius 3 is 2.28 bits per heavy atom. The second-order valence-corrected chi connectivity index (χ2v) is 11.2. The van der Waals surface area contributed by atoms with Crippen molar-refractivity contribution in [2.45, 2.75) is 54.6 Å². The van der Waals surface area contributed by atoms with Crippen LogP contribution in [-0.4, -0.2) is 35.6 Å². The number of anilines is 1. The number of fused-ring (bicyclic) bond motifs is 1. The van der Waals surface area contributed by atoms with Gasteiger partial charge in [0.25, 0.3) is 5.91 Å². The fourth-order valence-corrected chi connectivity index (χ4v) is 6.44. The Morgan fingerprint density at radius 2 is 1.64 bits per heavy atom. The minimum atomic E-state index is -4.44. The summed E-state index contributed by atoms with van der Waals surface area (Å²) < 4.78 is 64.6. The molecule has 1 amide bonds. The van der Waals surface area contributed by atoms with E-state index < -0.39 is 26.8 Å². The van der Waals surface area contributed by atoms with E-state index in [0.717, 1.165) is 23.4 Å². The molecule has 1 aliphatic carbocycles. The molecule has 11 heteroatoms. The van der Waals surface area contributed by atoms with E-state index in [4.69, 9.17) is 0 Å². The molecule has 188 valence electrons. The van der Waals surface area contributed by atoms with Gasteiger partial charge in [-0.1, -0.05) is 12.1 Å². The summed E-state index contributed by atoms with van der Waals surface area (Å²) in [5, 5.41) is 5.30. The third kappa shape index (κ3) is 4.79. The highest BCUT2D eigenvalue weighted by Crippen LogP contribution is 2.33. The van der Waals surface area contributed by atoms with E-state index in [1.165, 1.54) is 6.07 Å². The zero-order chi connectivity index (χ0) is 25.5. The Hall–Kier alpha value is -3.47. The molecule has 3 heterocycles. The van der Waals surface area contributed by atoms with Crippen LogP contribution in [0, 0.1) is 0 Å². The van der Waals surface area contributed by atoms with E-state index in [-0.39, 0.29) is 16.8 Å². The van der Waals surface area contributed by atoms with Gasteiger partial charge in [-0.15, -0.1) is 0 Å². The smallest absolute Gasteiger partial charge is 0.367 e. The van der Waals surface area contributed by atoms with Gasteiger partial charge in [-0.25, -0.2) is 13.4 Å². The molecule has 5 rings (SSSR count). The number of nitrogens with zero attached hydrogens (tertiary/aromatic N) is 2. The van der Waals surface area contributed by atoms with E-state index in [9.17, 15) is 26.4 Å². The van der Waals surface area contributed by atoms with Gasteiger partial charge in [-0.2, -0.15) is 13.2 Å². The highest BCUT2D eigenvalue weighted by atomic mass is 32.2. The van der Waals surface area contributed by atoms with Crippen LogP contribution in [0.4, 0.5) is 19.0 Å². The second-order valence-electron chi connectivity index (χ2n) is 9.02. The molecule has 1 fully saturated rings. The zero-order valence-corrected chi connectivity index (χ0v) is 19.9. The van der Waals surface area contributed by atoms with Crippen LogP contribution in [0.25, 0.3) is 11.1 Å². The number of alkyl halides is 3. The maximum absolute atomic E-state index is 13.2. The molecule has 0 saturated heterocycles. The second kappa shape index (κ2) is 9.20. The Balaban J connectivity index is 1.22. The molecule has 0 bridgehead atoms. The van der Waals surface area contributed by atoms with E-state index in [1.807, 2.05) is 0 Å². The predicted molar refractivity (Wildman–Crippen MR) is 127 cm³/mol. The average molecular weight is 517 g/mol. The molecule has 1 saturated carbocycles. The first-order chi connectivity index (χ1) is 17.1. The monoisotopic (exact) mass is 516 g/mol. The standard InChI is InChI=1S/C25H23F3N4O3S/c26-25(27,28)17-3-10-23(30-13-17)32-18-4-8-20(9-5-18)36(34,35)19-6-1-15(2-7-19)16-11-21-22(29-12-16)14-31-24(21)33/h1-3,6-7,10-13,18,20H,4-5,8-9,14H2,(H,30,32)(H,31,33). The molecule has 36 heavy (non-hydrogen) atoms. The van der Waals surface area contributed by atoms with Crippen LogP contribution in [-0.2, 0) is 22.6 Å². The molecule has 2 aliphatic rings. The lowest BCUT2D eigenvalue weighted by Crippen LogP contribution is -2.33. The zero-order valence-electron chi connectivity index (χ0n) is 19.0. The number of halogens is 3. The van der Waals surface area contributed by atoms with Crippen molar-refractivity contribution in [3.63, 3.8) is 0 Å². The van der Waals surface area contributed by atoms with Crippen LogP contribution < -0.4 is 10.6 Å². The normalized spacial score (nSPS) is 20.0. The number of carbonyl (C=O) groups excluding carboxylic acids is 1. The largest absolute Gasteiger partial charge is 0.417 e. The van der Waals surface area contributed by atoms with Crippen LogP contribution in [0.15, 0.2) is 59.8 Å². The molecule has 0 radical (unpaired) electrons. The lowest BCUT2D eigenvalue weighted by molar-refractivity contribution is -0.137. The lowest BCUT2D eigenvalue weighted by atomic mass is 9.95. The van der Waals surface area contributed by atoms with E-state index in [1.54, 1.807) is 36.5 Å². The van der Waals surface area contributed by atoms with Gasteiger partial charge in [0, 0.05) is 24.0 Å². The SMILES string of the molecule is O=C1NCc2ncc(-c3ccc(S(=O)(=O)C4CCC(Nc5ccc(C(F)(F)F)cn5)CC4)cc3)cc21. The fourth-order valence-electron chi connectivity index (χ4n) is 4.65. The molecule has 2 N–H and O–H groups in total. The van der Waals surface area contributed by atoms with E-state index in [2.05, 4.69) is 20.6 Å². The molecular weight excluding hydrogens is 493 g/mol. The van der Waals surface area contributed by atoms with Crippen molar-refractivity contribution in [1.82, 2.24) is 15.3 Å². The van der Waals surface area contributed by atoms with Crippen LogP contribution in [0.3, 0.4) is 0 Å². The molecule has 1 aromatic carbocycles. The number of rotatable bonds is 5. The molecule has 0 spiro atoms. The van der Waals surface area contributed by atoms with Gasteiger partial charge in [0.1, 0.15) is 5.82 Å². The average Bonchev–Trinajstić information content (AvgIpc) is 3.24. The summed E-state index contributed by atoms with van der Waals surface area (Å²) >= 11 is 0. The van der Waals surface area contributed by atoms with Crippen LogP contribution in [0.1, 0.15) is 47.3 Å². The van der Waals surface area contributed by atoms with Crippen LogP contribution in [0.2, 0.25) is 0 Å². The Labute approximate surface area is 206 Å². The quantitative estimate of drug-likeness (QED) is 0.514. The minimum absolute atomic E-state index is 0.0624. The molecule has 1 aliphatic heterocycles. The summed E-state index contributed by atoms with van der Waals surface area (Å²) in [6, 6.07) is 10.5. The molecule has 3 aromatic rings. The number of aromatic nitrogens is 2. The first-order valence-electron chi connectivity index (χ1n) is 11.5. The van der Waals surface area contributed by atoms with Crippen LogP contribution in [0.5, 0.6) is 0 Å². The summed E-state index contributed by atoms with van der Waals surface area (Å²) in [4.78, 5) is 20.3. The fraction of sp³-hybridized carbons (Fsp3) is 0.320. The molecule has 7 nitrogen and oxygen atoms in total. The van der Waals surface area contributed by atoms with Gasteiger partial charge in [0.15, 0.2) is 9.84 Å². The Morgan fingerprint density at radius 1 is 0.917 bits per heavy atom. The number of amides is 1. The predicted octanol–water partition coefficient (Wildman–Crippen LogP) is 4.60. The first kappa shape index (κ1) is 24.2. The summed E-state index contributed by atoms with van der Waals surface area (Å²) in [6.45, 7) is 0.407. The highest BCUT2D eigenvalue weighted by Gasteiger charge is 2.33. The summed E-state index contributed by atoms with van der Waals surface area (Å²) in [5.74, 6) is 0.168. The maximum Gasteiger partial charge on any atom is 0.417 e. The van der Waals surface area contributed by atoms with Gasteiger partial charge in [-0.05, 0) is 61.6 Å². The maximum atomic E-state index is 13.2. The number of sulfone groups is 1. The Kier molecular flexibility index (Phi) is 6.19. The van der Waals surface area contributed by atoms with Gasteiger partial charge in [0.05, 0.1) is 33.5 Å². The minimum Gasteiger partial charge on any atom is -0.367 e. The number of pyridine rings is 2. The van der Waals surface area contributed by atoms with Crippen LogP contribution >= 0.6 is 0 Å². The summed E-state index contributed by atoms with van der Waals surface area (Å²) in [7, 11) is -3.55. The number of benzene rings is 1. The number of hydrogen-bond donors (Lipinski definition) is 2. The van der Waals surface area contributed by atoms with Crippen molar-refractivity contribution in [3.05, 3.63) is 71.7 Å². The Bertz CT molecular complexity index is 1380. The molecular formula is C25H23F3N4O3S. The van der Waals surface area contributed by atoms with Crippen molar-refractivity contribution >= 4 is 21.6 Å². The third-order valence-corrected chi connectivity index (χ3v) is 8.98. The molecule has 0 atom stereocenters. The van der Waals surface area contributed by atoms with Crippen molar-refractivity contribution < 1.29 is 26.4 Å². The third-order valence-electron chi connectivity index (χ3n) is 6.70. The van der Waals surface area contributed by atoms with Gasteiger partial charge in [0.2, 0.25) is 0 Å². The highest BCUT2D eigenvalue weighted by molar-refractivity contribution is 7.92. The lowest BCUT2D eigenvalue weighted by Gasteiger charge is -2.29. The van der Waals surface area contributed by atoms with Gasteiger partial charge in [-0.3, -0.25) is 9.78 Å². The number of hydrogen-bond acceptors (Lipinski definition) is 6. The number of nitrogens with one attached hydrogen (secondary N) is 2. The first-order valence-corrected chi connectivity index (χ1v) is 13.1. The van der Waals surface area contributed by atoms with Gasteiger partial charge < -0.3 is 10.6 Å². The topological polar surface area (TPSA) is 101 Å². The van der Waals surface area contributed by atoms with Crippen molar-refractivity contribution in [1.29, 1.82) is 0 Å². The van der Waals surface area contributed by atoms with Crippen molar-refractivity contribution in [2.24, 2.45) is 0 Å². The summed E-state index contributed by atoms with van der Waals surface area (Å²) in [5.41, 5.74) is 1.91. The van der Waals surface area contributed by atoms with E-state index in [0.29, 0.717) is 49.3 Å². The van der Waals surface area contributed by atoms with Crippen molar-refractivity contribution in [2.75, 3.05) is 5.32 Å². The molecule has 2 aromatic heterocycles. The van der Waals surface area contributed by atoms with Gasteiger partial charge >= 0.3 is 6.18 Å². The van der Waals surface area contributed by atoms with Crippen molar-refractivity contribution in [3.8, 4) is 11.1 Å². The number of carbonyl (C=O) groups is 1. The van der Waals surface area contributed by atoms with E-state index >= 15 is 0 Å². The summed E-state index contributed by atoms with van der Waals surface area (Å²) in [6.07, 6.45) is 0.0162. The molecule has 0 unspecified atom stereocenters.